The Morgan fingerprint density at radius 3 is 2.50 bits per heavy atom. The van der Waals surface area contributed by atoms with Crippen LogP contribution in [0.1, 0.15) is 81.5 Å². The van der Waals surface area contributed by atoms with E-state index in [4.69, 9.17) is 9.47 Å². The van der Waals surface area contributed by atoms with Crippen LogP contribution in [0, 0.1) is 11.3 Å². The second-order valence-electron chi connectivity index (χ2n) is 10.9. The molecule has 0 aliphatic heterocycles. The maximum Gasteiger partial charge on any atom is 0.161 e. The number of benzene rings is 2. The largest absolute Gasteiger partial charge is 0.493 e. The molecule has 2 aromatic carbocycles. The summed E-state index contributed by atoms with van der Waals surface area (Å²) in [7, 11) is 3.38. The van der Waals surface area contributed by atoms with Crippen LogP contribution in [0.3, 0.4) is 0 Å². The standard InChI is InChI=1S/C29H41NO2/c1-20(2)22-9-11-24-23(17-22)10-13-27-28(3,14-7-15-29(24,27)4)19-30-18-21-8-12-25(31-5)26(16-21)32-6/h8-9,11-12,16-17,20,27,30H,7,10,13-15,18-19H2,1-6H3/t27-,28-,29-/m0/s1. The van der Waals surface area contributed by atoms with Crippen molar-refractivity contribution >= 4 is 0 Å². The molecule has 0 bridgehead atoms. The van der Waals surface area contributed by atoms with Crippen molar-refractivity contribution < 1.29 is 9.47 Å². The third-order valence-electron chi connectivity index (χ3n) is 8.47. The van der Waals surface area contributed by atoms with E-state index in [1.54, 1.807) is 25.3 Å². The smallest absolute Gasteiger partial charge is 0.161 e. The van der Waals surface area contributed by atoms with Gasteiger partial charge in [0.25, 0.3) is 0 Å². The van der Waals surface area contributed by atoms with E-state index in [-0.39, 0.29) is 0 Å². The molecule has 1 N–H and O–H groups in total. The van der Waals surface area contributed by atoms with Crippen LogP contribution in [0.25, 0.3) is 0 Å². The fourth-order valence-corrected chi connectivity index (χ4v) is 6.70. The van der Waals surface area contributed by atoms with E-state index >= 15 is 0 Å². The van der Waals surface area contributed by atoms with E-state index in [1.807, 2.05) is 6.07 Å². The van der Waals surface area contributed by atoms with Crippen molar-refractivity contribution in [2.24, 2.45) is 11.3 Å². The van der Waals surface area contributed by atoms with E-state index in [2.05, 4.69) is 63.3 Å². The zero-order valence-corrected chi connectivity index (χ0v) is 20.9. The molecular formula is C29H41NO2. The first-order chi connectivity index (χ1) is 15.3. The highest BCUT2D eigenvalue weighted by molar-refractivity contribution is 5.43. The first-order valence-corrected chi connectivity index (χ1v) is 12.4. The van der Waals surface area contributed by atoms with Crippen LogP contribution in [-0.4, -0.2) is 20.8 Å². The molecule has 1 fully saturated rings. The van der Waals surface area contributed by atoms with Gasteiger partial charge in [-0.2, -0.15) is 0 Å². The second kappa shape index (κ2) is 9.09. The molecule has 0 saturated heterocycles. The van der Waals surface area contributed by atoms with Crippen LogP contribution in [0.15, 0.2) is 36.4 Å². The minimum Gasteiger partial charge on any atom is -0.493 e. The van der Waals surface area contributed by atoms with Crippen LogP contribution in [0.4, 0.5) is 0 Å². The number of hydrogen-bond donors (Lipinski definition) is 1. The van der Waals surface area contributed by atoms with Crippen molar-refractivity contribution in [3.63, 3.8) is 0 Å². The summed E-state index contributed by atoms with van der Waals surface area (Å²) in [5, 5.41) is 3.80. The predicted molar refractivity (Wildman–Crippen MR) is 133 cm³/mol. The number of methoxy groups -OCH3 is 2. The summed E-state index contributed by atoms with van der Waals surface area (Å²) < 4.78 is 10.9. The number of aryl methyl sites for hydroxylation is 1. The summed E-state index contributed by atoms with van der Waals surface area (Å²) in [4.78, 5) is 0. The Bertz CT molecular complexity index is 952. The first kappa shape index (κ1) is 23.2. The minimum absolute atomic E-state index is 0.293. The topological polar surface area (TPSA) is 30.5 Å². The molecule has 1 saturated carbocycles. The van der Waals surface area contributed by atoms with Crippen molar-refractivity contribution in [3.8, 4) is 11.5 Å². The van der Waals surface area contributed by atoms with E-state index in [1.165, 1.54) is 43.2 Å². The van der Waals surface area contributed by atoms with Gasteiger partial charge in [0.15, 0.2) is 11.5 Å². The van der Waals surface area contributed by atoms with Crippen molar-refractivity contribution in [3.05, 3.63) is 58.7 Å². The Kier molecular flexibility index (Phi) is 6.58. The molecule has 2 aliphatic carbocycles. The molecule has 3 heteroatoms. The average Bonchev–Trinajstić information content (AvgIpc) is 2.78. The highest BCUT2D eigenvalue weighted by atomic mass is 16.5. The van der Waals surface area contributed by atoms with Crippen LogP contribution in [0.2, 0.25) is 0 Å². The molecule has 0 radical (unpaired) electrons. The summed E-state index contributed by atoms with van der Waals surface area (Å²) >= 11 is 0. The molecule has 3 atom stereocenters. The molecule has 174 valence electrons. The maximum absolute atomic E-state index is 5.48. The molecule has 0 amide bonds. The number of fused-ring (bicyclic) bond motifs is 3. The van der Waals surface area contributed by atoms with Crippen LogP contribution in [0.5, 0.6) is 11.5 Å². The van der Waals surface area contributed by atoms with Gasteiger partial charge in [0.1, 0.15) is 0 Å². The molecule has 0 heterocycles. The molecule has 0 aromatic heterocycles. The fourth-order valence-electron chi connectivity index (χ4n) is 6.70. The van der Waals surface area contributed by atoms with E-state index < -0.39 is 0 Å². The van der Waals surface area contributed by atoms with Gasteiger partial charge in [0, 0.05) is 13.1 Å². The highest BCUT2D eigenvalue weighted by Crippen LogP contribution is 2.57. The lowest BCUT2D eigenvalue weighted by atomic mass is 9.49. The quantitative estimate of drug-likeness (QED) is 0.530. The van der Waals surface area contributed by atoms with Gasteiger partial charge in [-0.1, -0.05) is 58.4 Å². The van der Waals surface area contributed by atoms with Gasteiger partial charge in [-0.3, -0.25) is 0 Å². The van der Waals surface area contributed by atoms with Gasteiger partial charge in [-0.05, 0) is 82.7 Å². The minimum atomic E-state index is 0.293. The molecule has 32 heavy (non-hydrogen) atoms. The van der Waals surface area contributed by atoms with Crippen molar-refractivity contribution in [2.45, 2.75) is 77.7 Å². The van der Waals surface area contributed by atoms with Gasteiger partial charge in [0.2, 0.25) is 0 Å². The van der Waals surface area contributed by atoms with Gasteiger partial charge < -0.3 is 14.8 Å². The van der Waals surface area contributed by atoms with E-state index in [0.29, 0.717) is 16.7 Å². The van der Waals surface area contributed by atoms with Crippen molar-refractivity contribution in [2.75, 3.05) is 20.8 Å². The van der Waals surface area contributed by atoms with Crippen LogP contribution in [-0.2, 0) is 18.4 Å². The number of hydrogen-bond acceptors (Lipinski definition) is 3. The molecule has 2 aliphatic rings. The van der Waals surface area contributed by atoms with Crippen LogP contribution < -0.4 is 14.8 Å². The summed E-state index contributed by atoms with van der Waals surface area (Å²) in [5.41, 5.74) is 6.57. The zero-order valence-electron chi connectivity index (χ0n) is 20.9. The molecule has 4 rings (SSSR count). The molecular weight excluding hydrogens is 394 g/mol. The maximum atomic E-state index is 5.48. The van der Waals surface area contributed by atoms with Gasteiger partial charge in [0.05, 0.1) is 14.2 Å². The van der Waals surface area contributed by atoms with Gasteiger partial charge in [-0.25, -0.2) is 0 Å². The summed E-state index contributed by atoms with van der Waals surface area (Å²) in [6.45, 7) is 11.6. The lowest BCUT2D eigenvalue weighted by Gasteiger charge is -2.55. The first-order valence-electron chi connectivity index (χ1n) is 12.4. The Hall–Kier alpha value is -2.00. The van der Waals surface area contributed by atoms with Crippen molar-refractivity contribution in [1.82, 2.24) is 5.32 Å². The Balaban J connectivity index is 1.50. The highest BCUT2D eigenvalue weighted by Gasteiger charge is 2.51. The van der Waals surface area contributed by atoms with E-state index in [0.717, 1.165) is 30.5 Å². The fraction of sp³-hybridized carbons (Fsp3) is 0.586. The summed E-state index contributed by atoms with van der Waals surface area (Å²) in [6.07, 6.45) is 6.47. The number of ether oxygens (including phenoxy) is 2. The Morgan fingerprint density at radius 2 is 1.78 bits per heavy atom. The summed E-state index contributed by atoms with van der Waals surface area (Å²) in [5.74, 6) is 2.91. The second-order valence-corrected chi connectivity index (χ2v) is 10.9. The molecule has 3 nitrogen and oxygen atoms in total. The molecule has 0 spiro atoms. The predicted octanol–water partition coefficient (Wildman–Crippen LogP) is 6.63. The third kappa shape index (κ3) is 4.17. The Labute approximate surface area is 194 Å². The lowest BCUT2D eigenvalue weighted by Crippen LogP contribution is -2.52. The molecule has 0 unspecified atom stereocenters. The van der Waals surface area contributed by atoms with Crippen molar-refractivity contribution in [1.29, 1.82) is 0 Å². The monoisotopic (exact) mass is 435 g/mol. The number of rotatable bonds is 7. The van der Waals surface area contributed by atoms with Gasteiger partial charge >= 0.3 is 0 Å². The molecule has 2 aromatic rings. The third-order valence-corrected chi connectivity index (χ3v) is 8.47. The van der Waals surface area contributed by atoms with Gasteiger partial charge in [-0.15, -0.1) is 0 Å². The normalized spacial score (nSPS) is 27.0. The SMILES string of the molecule is COc1ccc(CNC[C@]2(C)CCC[C@@]3(C)c4ccc(C(C)C)cc4CC[C@@H]23)cc1OC. The summed E-state index contributed by atoms with van der Waals surface area (Å²) in [6, 6.07) is 13.6. The zero-order chi connectivity index (χ0) is 22.9. The lowest BCUT2D eigenvalue weighted by molar-refractivity contribution is 0.0257. The van der Waals surface area contributed by atoms with Crippen LogP contribution >= 0.6 is 0 Å². The Morgan fingerprint density at radius 1 is 1.00 bits per heavy atom. The van der Waals surface area contributed by atoms with E-state index in [9.17, 15) is 0 Å². The average molecular weight is 436 g/mol. The number of nitrogens with one attached hydrogen (secondary N) is 1.